The number of amides is 2. The van der Waals surface area contributed by atoms with Crippen molar-refractivity contribution in [2.24, 2.45) is 5.73 Å². The monoisotopic (exact) mass is 222 g/mol. The van der Waals surface area contributed by atoms with Crippen molar-refractivity contribution in [3.8, 4) is 0 Å². The van der Waals surface area contributed by atoms with Gasteiger partial charge in [0.1, 0.15) is 0 Å². The number of nitrogens with one attached hydrogen (secondary N) is 1. The topological polar surface area (TPSA) is 82.8 Å². The molecule has 0 heterocycles. The lowest BCUT2D eigenvalue weighted by Gasteiger charge is -2.13. The zero-order valence-electron chi connectivity index (χ0n) is 8.62. The highest BCUT2D eigenvalue weighted by Gasteiger charge is 2.03. The minimum absolute atomic E-state index is 0.299. The Bertz CT molecular complexity index is 155. The Hall–Kier alpha value is -0.633. The Kier molecular flexibility index (Phi) is 8.54. The quantitative estimate of drug-likeness (QED) is 0.307. The summed E-state index contributed by atoms with van der Waals surface area (Å²) in [4.78, 5) is 10.3. The van der Waals surface area contributed by atoms with Crippen molar-refractivity contribution in [2.75, 3.05) is 27.4 Å². The van der Waals surface area contributed by atoms with E-state index < -0.39 is 15.8 Å². The molecule has 0 aliphatic heterocycles. The van der Waals surface area contributed by atoms with E-state index in [0.29, 0.717) is 13.2 Å². The van der Waals surface area contributed by atoms with Gasteiger partial charge in [0, 0.05) is 20.8 Å². The highest BCUT2D eigenvalue weighted by molar-refractivity contribution is 6.27. The molecule has 0 saturated heterocycles. The highest BCUT2D eigenvalue weighted by Crippen LogP contribution is 1.91. The Morgan fingerprint density at radius 3 is 2.64 bits per heavy atom. The molecular weight excluding hydrogens is 204 g/mol. The van der Waals surface area contributed by atoms with Crippen LogP contribution in [0.4, 0.5) is 4.79 Å². The summed E-state index contributed by atoms with van der Waals surface area (Å²) in [5.41, 5.74) is 4.88. The number of primary amides is 1. The van der Waals surface area contributed by atoms with Crippen molar-refractivity contribution < 1.29 is 18.7 Å². The largest absolute Gasteiger partial charge is 0.419 e. The molecule has 0 aliphatic carbocycles. The van der Waals surface area contributed by atoms with Crippen LogP contribution in [0.15, 0.2) is 0 Å². The second kappa shape index (κ2) is 8.94. The number of urea groups is 1. The van der Waals surface area contributed by atoms with E-state index in [1.807, 2.05) is 0 Å². The second-order valence-corrected chi connectivity index (χ2v) is 4.14. The molecule has 0 aromatic rings. The van der Waals surface area contributed by atoms with E-state index in [-0.39, 0.29) is 6.29 Å². The van der Waals surface area contributed by atoms with Crippen molar-refractivity contribution in [2.45, 2.75) is 12.3 Å². The lowest BCUT2D eigenvalue weighted by molar-refractivity contribution is -0.121. The Morgan fingerprint density at radius 1 is 1.50 bits per heavy atom. The predicted molar refractivity (Wildman–Crippen MR) is 54.7 cm³/mol. The van der Waals surface area contributed by atoms with Crippen LogP contribution < -0.4 is 11.1 Å². The maximum absolute atomic E-state index is 10.3. The van der Waals surface area contributed by atoms with E-state index in [0.717, 1.165) is 6.04 Å². The van der Waals surface area contributed by atoms with Gasteiger partial charge in [-0.2, -0.15) is 0 Å². The minimum Gasteiger partial charge on any atom is -0.419 e. The molecule has 7 heteroatoms. The zero-order valence-corrected chi connectivity index (χ0v) is 10.0. The molecule has 0 spiro atoms. The van der Waals surface area contributed by atoms with Crippen LogP contribution in [-0.2, 0) is 13.9 Å². The van der Waals surface area contributed by atoms with Gasteiger partial charge < -0.3 is 25.0 Å². The van der Waals surface area contributed by atoms with E-state index >= 15 is 0 Å². The number of rotatable bonds is 8. The van der Waals surface area contributed by atoms with Crippen LogP contribution in [0.3, 0.4) is 0 Å². The van der Waals surface area contributed by atoms with Crippen molar-refractivity contribution in [3.05, 3.63) is 0 Å². The smallest absolute Gasteiger partial charge is 0.312 e. The molecule has 0 rings (SSSR count). The second-order valence-electron chi connectivity index (χ2n) is 2.62. The van der Waals surface area contributed by atoms with Crippen molar-refractivity contribution in [1.82, 2.24) is 5.32 Å². The van der Waals surface area contributed by atoms with Gasteiger partial charge in [0.25, 0.3) is 0 Å². The molecule has 14 heavy (non-hydrogen) atoms. The van der Waals surface area contributed by atoms with Crippen LogP contribution in [0.2, 0.25) is 6.04 Å². The molecule has 2 amide bonds. The first-order valence-corrected chi connectivity index (χ1v) is 5.95. The average molecular weight is 222 g/mol. The fourth-order valence-corrected chi connectivity index (χ4v) is 1.68. The van der Waals surface area contributed by atoms with Crippen LogP contribution in [0.25, 0.3) is 0 Å². The molecule has 84 valence electrons. The molecule has 0 bridgehead atoms. The molecule has 0 aromatic heterocycles. The maximum atomic E-state index is 10.3. The zero-order chi connectivity index (χ0) is 10.8. The molecule has 3 N–H and O–H groups in total. The third-order valence-electron chi connectivity index (χ3n) is 1.54. The van der Waals surface area contributed by atoms with Gasteiger partial charge in [0.05, 0.1) is 6.61 Å². The Morgan fingerprint density at radius 2 is 2.14 bits per heavy atom. The molecule has 6 nitrogen and oxygen atoms in total. The Labute approximate surface area is 86.0 Å². The summed E-state index contributed by atoms with van der Waals surface area (Å²) in [6.07, 6.45) is -0.299. The van der Waals surface area contributed by atoms with E-state index in [9.17, 15) is 4.79 Å². The molecular formula is C7H18N2O4Si. The summed E-state index contributed by atoms with van der Waals surface area (Å²) in [7, 11) is 2.50. The summed E-state index contributed by atoms with van der Waals surface area (Å²) < 4.78 is 15.2. The SMILES string of the molecule is COC(CO[SiH2]CCNC(N)=O)OC. The van der Waals surface area contributed by atoms with Crippen molar-refractivity contribution in [3.63, 3.8) is 0 Å². The lowest BCUT2D eigenvalue weighted by Crippen LogP contribution is -2.31. The molecule has 0 aromatic carbocycles. The predicted octanol–water partition coefficient (Wildman–Crippen LogP) is -1.21. The van der Waals surface area contributed by atoms with E-state index in [2.05, 4.69) is 5.32 Å². The number of hydrogen-bond acceptors (Lipinski definition) is 4. The number of nitrogens with two attached hydrogens (primary N) is 1. The Balaban J connectivity index is 3.16. The third-order valence-corrected chi connectivity index (χ3v) is 2.71. The van der Waals surface area contributed by atoms with Crippen molar-refractivity contribution in [1.29, 1.82) is 0 Å². The van der Waals surface area contributed by atoms with Crippen LogP contribution >= 0.6 is 0 Å². The number of carbonyl (C=O) groups is 1. The standard InChI is InChI=1S/C7H18N2O4Si/c1-11-6(12-2)5-13-14-4-3-9-7(8)10/h6H,3-5,14H2,1-2H3,(H3,8,9,10). The molecule has 0 aliphatic rings. The van der Waals surface area contributed by atoms with Gasteiger partial charge in [0.15, 0.2) is 16.1 Å². The minimum atomic E-state index is -0.623. The first-order chi connectivity index (χ1) is 6.70. The molecule has 0 atom stereocenters. The van der Waals surface area contributed by atoms with Gasteiger partial charge in [0.2, 0.25) is 0 Å². The first-order valence-electron chi connectivity index (χ1n) is 4.37. The normalized spacial score (nSPS) is 11.4. The summed E-state index contributed by atoms with van der Waals surface area (Å²) in [5, 5.41) is 2.49. The van der Waals surface area contributed by atoms with Gasteiger partial charge >= 0.3 is 6.03 Å². The summed E-state index contributed by atoms with van der Waals surface area (Å²) in [6, 6.07) is 0.356. The van der Waals surface area contributed by atoms with Crippen molar-refractivity contribution >= 4 is 15.8 Å². The van der Waals surface area contributed by atoms with Gasteiger partial charge in [-0.25, -0.2) is 4.79 Å². The summed E-state index contributed by atoms with van der Waals surface area (Å²) in [5.74, 6) is 0. The van der Waals surface area contributed by atoms with Crippen LogP contribution in [0.5, 0.6) is 0 Å². The average Bonchev–Trinajstić information content (AvgIpc) is 2.16. The van der Waals surface area contributed by atoms with E-state index in [1.54, 1.807) is 14.2 Å². The number of carbonyl (C=O) groups excluding carboxylic acids is 1. The van der Waals surface area contributed by atoms with E-state index in [4.69, 9.17) is 19.6 Å². The van der Waals surface area contributed by atoms with Crippen LogP contribution in [-0.4, -0.2) is 49.5 Å². The summed E-state index contributed by atoms with van der Waals surface area (Å²) in [6.45, 7) is 1.02. The number of ether oxygens (including phenoxy) is 2. The molecule has 0 fully saturated rings. The van der Waals surface area contributed by atoms with Crippen LogP contribution in [0.1, 0.15) is 0 Å². The summed E-state index contributed by atoms with van der Waals surface area (Å²) >= 11 is 0. The maximum Gasteiger partial charge on any atom is 0.312 e. The van der Waals surface area contributed by atoms with Gasteiger partial charge in [-0.15, -0.1) is 0 Å². The van der Waals surface area contributed by atoms with E-state index in [1.165, 1.54) is 0 Å². The fraction of sp³-hybridized carbons (Fsp3) is 0.857. The number of methoxy groups -OCH3 is 2. The first kappa shape index (κ1) is 13.4. The van der Waals surface area contributed by atoms with Gasteiger partial charge in [-0.3, -0.25) is 0 Å². The fourth-order valence-electron chi connectivity index (χ4n) is 0.798. The molecule has 0 radical (unpaired) electrons. The van der Waals surface area contributed by atoms with Gasteiger partial charge in [-0.05, 0) is 6.04 Å². The number of hydrogen-bond donors (Lipinski definition) is 2. The molecule has 0 unspecified atom stereocenters. The third kappa shape index (κ3) is 7.99. The highest BCUT2D eigenvalue weighted by atomic mass is 28.2. The van der Waals surface area contributed by atoms with Crippen LogP contribution in [0, 0.1) is 0 Å². The lowest BCUT2D eigenvalue weighted by atomic mass is 10.7. The molecule has 0 saturated carbocycles. The van der Waals surface area contributed by atoms with Gasteiger partial charge in [-0.1, -0.05) is 0 Å².